The highest BCUT2D eigenvalue weighted by molar-refractivity contribution is 5.94. The smallest absolute Gasteiger partial charge is 0.265 e. The third-order valence-corrected chi connectivity index (χ3v) is 3.71. The molecule has 0 aliphatic carbocycles. The number of amides is 1. The number of nitrogens with one attached hydrogen (secondary N) is 1. The van der Waals surface area contributed by atoms with Crippen LogP contribution in [0.2, 0.25) is 0 Å². The lowest BCUT2D eigenvalue weighted by Crippen LogP contribution is -2.30. The summed E-state index contributed by atoms with van der Waals surface area (Å²) in [6.45, 7) is 5.94. The molecule has 1 atom stereocenters. The number of carbonyl (C=O) groups is 1. The molecule has 0 heterocycles. The van der Waals surface area contributed by atoms with Crippen molar-refractivity contribution in [2.75, 3.05) is 5.32 Å². The van der Waals surface area contributed by atoms with Gasteiger partial charge in [0.15, 0.2) is 6.10 Å². The molecule has 0 fully saturated rings. The maximum atomic E-state index is 12.2. The molecule has 3 heteroatoms. The predicted molar refractivity (Wildman–Crippen MR) is 95.0 cm³/mol. The number of rotatable bonds is 7. The molecule has 2 rings (SSSR count). The fraction of sp³-hybridized carbons (Fsp3) is 0.350. The maximum Gasteiger partial charge on any atom is 0.265 e. The van der Waals surface area contributed by atoms with Crippen molar-refractivity contribution < 1.29 is 9.53 Å². The molecule has 1 amide bonds. The van der Waals surface area contributed by atoms with Crippen LogP contribution < -0.4 is 10.1 Å². The van der Waals surface area contributed by atoms with Crippen LogP contribution in [-0.2, 0) is 11.2 Å². The van der Waals surface area contributed by atoms with Gasteiger partial charge in [-0.3, -0.25) is 4.79 Å². The van der Waals surface area contributed by atoms with Crippen LogP contribution in [0.15, 0.2) is 48.5 Å². The largest absolute Gasteiger partial charge is 0.481 e. The maximum absolute atomic E-state index is 12.2. The number of ether oxygens (including phenoxy) is 1. The monoisotopic (exact) mass is 311 g/mol. The lowest BCUT2D eigenvalue weighted by atomic mass is 10.1. The predicted octanol–water partition coefficient (Wildman–Crippen LogP) is 4.74. The van der Waals surface area contributed by atoms with Gasteiger partial charge in [0.25, 0.3) is 5.91 Å². The Labute approximate surface area is 138 Å². The molecule has 0 aromatic heterocycles. The van der Waals surface area contributed by atoms with Crippen molar-refractivity contribution in [3.8, 4) is 5.75 Å². The van der Waals surface area contributed by atoms with Gasteiger partial charge in [-0.2, -0.15) is 0 Å². The molecular weight excluding hydrogens is 286 g/mol. The van der Waals surface area contributed by atoms with Crippen molar-refractivity contribution >= 4 is 11.6 Å². The summed E-state index contributed by atoms with van der Waals surface area (Å²) in [6.07, 6.45) is 2.91. The van der Waals surface area contributed by atoms with Crippen LogP contribution in [-0.4, -0.2) is 12.0 Å². The third-order valence-electron chi connectivity index (χ3n) is 3.71. The van der Waals surface area contributed by atoms with E-state index < -0.39 is 6.10 Å². The highest BCUT2D eigenvalue weighted by Crippen LogP contribution is 2.16. The van der Waals surface area contributed by atoms with Crippen LogP contribution in [0.1, 0.15) is 37.8 Å². The zero-order valence-corrected chi connectivity index (χ0v) is 14.1. The Morgan fingerprint density at radius 1 is 1.17 bits per heavy atom. The average Bonchev–Trinajstić information content (AvgIpc) is 2.54. The van der Waals surface area contributed by atoms with Gasteiger partial charge >= 0.3 is 0 Å². The topological polar surface area (TPSA) is 38.3 Å². The lowest BCUT2D eigenvalue weighted by molar-refractivity contribution is -0.122. The highest BCUT2D eigenvalue weighted by Gasteiger charge is 2.14. The Kier molecular flexibility index (Phi) is 6.21. The molecule has 0 aliphatic rings. The van der Waals surface area contributed by atoms with E-state index in [0.717, 1.165) is 17.7 Å². The molecule has 0 bridgehead atoms. The van der Waals surface area contributed by atoms with Crippen molar-refractivity contribution in [2.24, 2.45) is 0 Å². The normalized spacial score (nSPS) is 11.8. The van der Waals surface area contributed by atoms with E-state index in [1.165, 1.54) is 18.4 Å². The second-order valence-corrected chi connectivity index (χ2v) is 5.87. The Hall–Kier alpha value is -2.29. The van der Waals surface area contributed by atoms with Gasteiger partial charge in [-0.15, -0.1) is 0 Å². The van der Waals surface area contributed by atoms with Gasteiger partial charge < -0.3 is 10.1 Å². The van der Waals surface area contributed by atoms with Crippen molar-refractivity contribution in [3.63, 3.8) is 0 Å². The van der Waals surface area contributed by atoms with Gasteiger partial charge in [-0.1, -0.05) is 37.6 Å². The standard InChI is InChI=1S/C20H25NO2/c1-4-5-8-17-10-12-18(13-11-17)21-20(22)16(3)23-19-9-6-7-15(2)14-19/h6-7,9-14,16H,4-5,8H2,1-3H3,(H,21,22)/t16-/m1/s1. The lowest BCUT2D eigenvalue weighted by Gasteiger charge is -2.15. The van der Waals surface area contributed by atoms with Crippen LogP contribution in [0.5, 0.6) is 5.75 Å². The van der Waals surface area contributed by atoms with E-state index in [9.17, 15) is 4.79 Å². The minimum absolute atomic E-state index is 0.146. The molecule has 0 unspecified atom stereocenters. The average molecular weight is 311 g/mol. The molecule has 1 N–H and O–H groups in total. The van der Waals surface area contributed by atoms with Crippen LogP contribution in [0.25, 0.3) is 0 Å². The fourth-order valence-electron chi connectivity index (χ4n) is 2.33. The van der Waals surface area contributed by atoms with Crippen molar-refractivity contribution in [1.82, 2.24) is 0 Å². The van der Waals surface area contributed by atoms with Crippen LogP contribution in [0.3, 0.4) is 0 Å². The van der Waals surface area contributed by atoms with Crippen molar-refractivity contribution in [1.29, 1.82) is 0 Å². The van der Waals surface area contributed by atoms with Gasteiger partial charge in [0.1, 0.15) is 5.75 Å². The summed E-state index contributed by atoms with van der Waals surface area (Å²) in [6, 6.07) is 15.7. The van der Waals surface area contributed by atoms with Gasteiger partial charge in [-0.05, 0) is 62.1 Å². The Bertz CT molecular complexity index is 634. The number of hydrogen-bond acceptors (Lipinski definition) is 2. The fourth-order valence-corrected chi connectivity index (χ4v) is 2.33. The van der Waals surface area contributed by atoms with Gasteiger partial charge in [0, 0.05) is 5.69 Å². The summed E-state index contributed by atoms with van der Waals surface area (Å²) < 4.78 is 5.69. The zero-order chi connectivity index (χ0) is 16.7. The second-order valence-electron chi connectivity index (χ2n) is 5.87. The first-order valence-electron chi connectivity index (χ1n) is 8.21. The molecule has 3 nitrogen and oxygen atoms in total. The summed E-state index contributed by atoms with van der Waals surface area (Å²) in [4.78, 5) is 12.2. The number of hydrogen-bond donors (Lipinski definition) is 1. The molecule has 0 aliphatic heterocycles. The van der Waals surface area contributed by atoms with Crippen LogP contribution in [0.4, 0.5) is 5.69 Å². The summed E-state index contributed by atoms with van der Waals surface area (Å²) in [5.41, 5.74) is 3.21. The molecule has 2 aromatic carbocycles. The quantitative estimate of drug-likeness (QED) is 0.802. The van der Waals surface area contributed by atoms with E-state index in [-0.39, 0.29) is 5.91 Å². The number of benzene rings is 2. The van der Waals surface area contributed by atoms with E-state index in [1.807, 2.05) is 43.3 Å². The first-order valence-corrected chi connectivity index (χ1v) is 8.21. The molecule has 0 spiro atoms. The molecule has 0 saturated carbocycles. The van der Waals surface area contributed by atoms with E-state index >= 15 is 0 Å². The van der Waals surface area contributed by atoms with E-state index in [2.05, 4.69) is 24.4 Å². The SMILES string of the molecule is CCCCc1ccc(NC(=O)[C@@H](C)Oc2cccc(C)c2)cc1. The van der Waals surface area contributed by atoms with Crippen molar-refractivity contribution in [2.45, 2.75) is 46.1 Å². The molecule has 2 aromatic rings. The van der Waals surface area contributed by atoms with Gasteiger partial charge in [0.05, 0.1) is 0 Å². The molecular formula is C20H25NO2. The molecule has 23 heavy (non-hydrogen) atoms. The number of anilines is 1. The number of unbranched alkanes of at least 4 members (excludes halogenated alkanes) is 1. The molecule has 0 radical (unpaired) electrons. The Balaban J connectivity index is 1.90. The van der Waals surface area contributed by atoms with E-state index in [1.54, 1.807) is 6.92 Å². The van der Waals surface area contributed by atoms with Crippen LogP contribution in [0, 0.1) is 6.92 Å². The summed E-state index contributed by atoms with van der Waals surface area (Å²) in [5.74, 6) is 0.565. The van der Waals surface area contributed by atoms with E-state index in [4.69, 9.17) is 4.74 Å². The van der Waals surface area contributed by atoms with Gasteiger partial charge in [0.2, 0.25) is 0 Å². The van der Waals surface area contributed by atoms with Crippen molar-refractivity contribution in [3.05, 3.63) is 59.7 Å². The first-order chi connectivity index (χ1) is 11.1. The molecule has 0 saturated heterocycles. The zero-order valence-electron chi connectivity index (χ0n) is 14.1. The van der Waals surface area contributed by atoms with Gasteiger partial charge in [-0.25, -0.2) is 0 Å². The van der Waals surface area contributed by atoms with E-state index in [0.29, 0.717) is 5.75 Å². The summed E-state index contributed by atoms with van der Waals surface area (Å²) >= 11 is 0. The highest BCUT2D eigenvalue weighted by atomic mass is 16.5. The molecule has 122 valence electrons. The third kappa shape index (κ3) is 5.44. The first kappa shape index (κ1) is 17.1. The summed E-state index contributed by atoms with van der Waals surface area (Å²) in [5, 5.41) is 2.90. The number of aryl methyl sites for hydroxylation is 2. The Morgan fingerprint density at radius 2 is 1.91 bits per heavy atom. The second kappa shape index (κ2) is 8.37. The van der Waals surface area contributed by atoms with Crippen LogP contribution >= 0.6 is 0 Å². The summed E-state index contributed by atoms with van der Waals surface area (Å²) in [7, 11) is 0. The minimum atomic E-state index is -0.545. The number of carbonyl (C=O) groups excluding carboxylic acids is 1. The Morgan fingerprint density at radius 3 is 2.57 bits per heavy atom. The minimum Gasteiger partial charge on any atom is -0.481 e.